The van der Waals surface area contributed by atoms with E-state index in [-0.39, 0.29) is 0 Å². The number of para-hydroxylation sites is 2. The number of rotatable bonds is 1. The van der Waals surface area contributed by atoms with Crippen LogP contribution in [0.1, 0.15) is 36.5 Å². The zero-order chi connectivity index (χ0) is 19.5. The van der Waals surface area contributed by atoms with E-state index in [0.717, 1.165) is 22.6 Å². The Hall–Kier alpha value is -2.94. The third-order valence-corrected chi connectivity index (χ3v) is 3.88. The molecule has 0 heterocycles. The number of nitrogens with two attached hydrogens (primary N) is 3. The van der Waals surface area contributed by atoms with Gasteiger partial charge in [-0.1, -0.05) is 67.9 Å². The van der Waals surface area contributed by atoms with E-state index in [1.165, 1.54) is 11.1 Å². The SMILES string of the molecule is CC(C)c1ccccc1N.Cc1ccc(N)cc1.Cc1ccccc1N. The van der Waals surface area contributed by atoms with Gasteiger partial charge in [0.05, 0.1) is 0 Å². The van der Waals surface area contributed by atoms with Crippen molar-refractivity contribution in [2.45, 2.75) is 33.6 Å². The van der Waals surface area contributed by atoms with Crippen molar-refractivity contribution in [3.8, 4) is 0 Å². The van der Waals surface area contributed by atoms with E-state index in [1.807, 2.05) is 80.6 Å². The Kier molecular flexibility index (Phi) is 8.79. The normalized spacial score (nSPS) is 9.58. The monoisotopic (exact) mass is 349 g/mol. The molecule has 3 nitrogen and oxygen atoms in total. The van der Waals surface area contributed by atoms with E-state index in [9.17, 15) is 0 Å². The molecule has 3 rings (SSSR count). The molecule has 0 aliphatic heterocycles. The molecule has 0 bridgehead atoms. The van der Waals surface area contributed by atoms with Crippen molar-refractivity contribution in [1.82, 2.24) is 0 Å². The molecule has 0 saturated heterocycles. The van der Waals surface area contributed by atoms with Crippen molar-refractivity contribution in [2.24, 2.45) is 0 Å². The fourth-order valence-electron chi connectivity index (χ4n) is 2.19. The second-order valence-corrected chi connectivity index (χ2v) is 6.55. The molecule has 0 radical (unpaired) electrons. The fraction of sp³-hybridized carbons (Fsp3) is 0.217. The van der Waals surface area contributed by atoms with Gasteiger partial charge >= 0.3 is 0 Å². The highest BCUT2D eigenvalue weighted by Crippen LogP contribution is 2.20. The summed E-state index contributed by atoms with van der Waals surface area (Å²) >= 11 is 0. The zero-order valence-corrected chi connectivity index (χ0v) is 16.2. The predicted molar refractivity (Wildman–Crippen MR) is 116 cm³/mol. The first-order chi connectivity index (χ1) is 12.3. The van der Waals surface area contributed by atoms with Gasteiger partial charge in [-0.3, -0.25) is 0 Å². The molecule has 0 aliphatic carbocycles. The van der Waals surface area contributed by atoms with Gasteiger partial charge in [0.1, 0.15) is 0 Å². The van der Waals surface area contributed by atoms with Gasteiger partial charge in [0.25, 0.3) is 0 Å². The lowest BCUT2D eigenvalue weighted by Gasteiger charge is -2.07. The van der Waals surface area contributed by atoms with Crippen LogP contribution in [0.4, 0.5) is 17.1 Å². The fourth-order valence-corrected chi connectivity index (χ4v) is 2.19. The summed E-state index contributed by atoms with van der Waals surface area (Å²) in [5.41, 5.74) is 22.9. The Morgan fingerprint density at radius 3 is 1.46 bits per heavy atom. The Labute approximate surface area is 157 Å². The lowest BCUT2D eigenvalue weighted by molar-refractivity contribution is 0.870. The molecule has 3 aromatic rings. The number of hydrogen-bond acceptors (Lipinski definition) is 3. The average molecular weight is 350 g/mol. The van der Waals surface area contributed by atoms with Crippen LogP contribution in [0.3, 0.4) is 0 Å². The molecule has 0 spiro atoms. The van der Waals surface area contributed by atoms with Gasteiger partial charge in [0, 0.05) is 17.1 Å². The van der Waals surface area contributed by atoms with Gasteiger partial charge in [-0.05, 0) is 55.2 Å². The topological polar surface area (TPSA) is 78.1 Å². The van der Waals surface area contributed by atoms with Gasteiger partial charge in [-0.2, -0.15) is 0 Å². The van der Waals surface area contributed by atoms with Crippen molar-refractivity contribution < 1.29 is 0 Å². The highest BCUT2D eigenvalue weighted by Gasteiger charge is 2.00. The maximum absolute atomic E-state index is 5.72. The van der Waals surface area contributed by atoms with Crippen LogP contribution in [0.5, 0.6) is 0 Å². The minimum absolute atomic E-state index is 0.529. The van der Waals surface area contributed by atoms with Crippen LogP contribution in [0.2, 0.25) is 0 Å². The van der Waals surface area contributed by atoms with Crippen LogP contribution in [0.15, 0.2) is 72.8 Å². The van der Waals surface area contributed by atoms with E-state index < -0.39 is 0 Å². The Bertz CT molecular complexity index is 735. The van der Waals surface area contributed by atoms with Gasteiger partial charge < -0.3 is 17.2 Å². The van der Waals surface area contributed by atoms with Crippen molar-refractivity contribution in [3.05, 3.63) is 89.5 Å². The van der Waals surface area contributed by atoms with E-state index in [2.05, 4.69) is 19.9 Å². The number of nitrogen functional groups attached to an aromatic ring is 3. The van der Waals surface area contributed by atoms with Crippen LogP contribution in [-0.2, 0) is 0 Å². The highest BCUT2D eigenvalue weighted by atomic mass is 14.6. The number of benzene rings is 3. The molecule has 26 heavy (non-hydrogen) atoms. The lowest BCUT2D eigenvalue weighted by Crippen LogP contribution is -1.94. The Balaban J connectivity index is 0.000000197. The van der Waals surface area contributed by atoms with Crippen LogP contribution in [0.25, 0.3) is 0 Å². The molecule has 6 N–H and O–H groups in total. The number of aryl methyl sites for hydroxylation is 2. The third kappa shape index (κ3) is 7.75. The van der Waals surface area contributed by atoms with Crippen molar-refractivity contribution >= 4 is 17.1 Å². The molecule has 0 aliphatic rings. The second-order valence-electron chi connectivity index (χ2n) is 6.55. The van der Waals surface area contributed by atoms with E-state index in [0.29, 0.717) is 5.92 Å². The summed E-state index contributed by atoms with van der Waals surface area (Å²) in [5, 5.41) is 0. The molecular weight excluding hydrogens is 318 g/mol. The standard InChI is InChI=1S/C9H13N.2C7H9N/c1-7(2)8-5-3-4-6-9(8)10;1-6-2-4-7(8)5-3-6;1-6-4-2-3-5-7(6)8/h3-7H,10H2,1-2H3;2*2-5H,8H2,1H3. The molecule has 3 aromatic carbocycles. The minimum atomic E-state index is 0.529. The summed E-state index contributed by atoms with van der Waals surface area (Å²) in [4.78, 5) is 0. The molecule has 0 amide bonds. The molecule has 0 aromatic heterocycles. The summed E-state index contributed by atoms with van der Waals surface area (Å²) in [6, 6.07) is 23.6. The first-order valence-corrected chi connectivity index (χ1v) is 8.79. The molecule has 3 heteroatoms. The van der Waals surface area contributed by atoms with Crippen LogP contribution < -0.4 is 17.2 Å². The van der Waals surface area contributed by atoms with Crippen molar-refractivity contribution in [3.63, 3.8) is 0 Å². The lowest BCUT2D eigenvalue weighted by atomic mass is 10.0. The Morgan fingerprint density at radius 2 is 1.12 bits per heavy atom. The third-order valence-electron chi connectivity index (χ3n) is 3.88. The van der Waals surface area contributed by atoms with Crippen LogP contribution >= 0.6 is 0 Å². The van der Waals surface area contributed by atoms with E-state index in [1.54, 1.807) is 0 Å². The van der Waals surface area contributed by atoms with Gasteiger partial charge in [-0.15, -0.1) is 0 Å². The van der Waals surface area contributed by atoms with Crippen LogP contribution in [-0.4, -0.2) is 0 Å². The summed E-state index contributed by atoms with van der Waals surface area (Å²) in [5.74, 6) is 0.529. The molecular formula is C23H31N3. The average Bonchev–Trinajstić information content (AvgIpc) is 2.61. The quantitative estimate of drug-likeness (QED) is 0.504. The molecule has 0 atom stereocenters. The maximum Gasteiger partial charge on any atom is 0.0349 e. The second kappa shape index (κ2) is 10.8. The molecule has 0 fully saturated rings. The van der Waals surface area contributed by atoms with Crippen molar-refractivity contribution in [2.75, 3.05) is 17.2 Å². The first kappa shape index (κ1) is 21.1. The van der Waals surface area contributed by atoms with Crippen LogP contribution in [0, 0.1) is 13.8 Å². The highest BCUT2D eigenvalue weighted by molar-refractivity contribution is 5.47. The summed E-state index contributed by atoms with van der Waals surface area (Å²) in [7, 11) is 0. The first-order valence-electron chi connectivity index (χ1n) is 8.79. The summed E-state index contributed by atoms with van der Waals surface area (Å²) in [6.07, 6.45) is 0. The number of anilines is 3. The largest absolute Gasteiger partial charge is 0.399 e. The maximum atomic E-state index is 5.72. The zero-order valence-electron chi connectivity index (χ0n) is 16.2. The predicted octanol–water partition coefficient (Wildman–Crippen LogP) is 5.55. The molecule has 0 saturated carbocycles. The van der Waals surface area contributed by atoms with Gasteiger partial charge in [-0.25, -0.2) is 0 Å². The van der Waals surface area contributed by atoms with Gasteiger partial charge in [0.2, 0.25) is 0 Å². The van der Waals surface area contributed by atoms with Crippen molar-refractivity contribution in [1.29, 1.82) is 0 Å². The van der Waals surface area contributed by atoms with Gasteiger partial charge in [0.15, 0.2) is 0 Å². The Morgan fingerprint density at radius 1 is 0.615 bits per heavy atom. The molecule has 138 valence electrons. The minimum Gasteiger partial charge on any atom is -0.399 e. The molecule has 0 unspecified atom stereocenters. The summed E-state index contributed by atoms with van der Waals surface area (Å²) < 4.78 is 0. The number of hydrogen-bond donors (Lipinski definition) is 3. The van der Waals surface area contributed by atoms with E-state index in [4.69, 9.17) is 17.2 Å². The summed E-state index contributed by atoms with van der Waals surface area (Å²) in [6.45, 7) is 8.33. The smallest absolute Gasteiger partial charge is 0.0349 e. The van der Waals surface area contributed by atoms with E-state index >= 15 is 0 Å².